The van der Waals surface area contributed by atoms with E-state index < -0.39 is 0 Å². The molecule has 0 heterocycles. The molecule has 0 aliphatic rings. The van der Waals surface area contributed by atoms with Gasteiger partial charge in [-0.05, 0) is 42.5 Å². The van der Waals surface area contributed by atoms with Crippen molar-refractivity contribution in [1.29, 1.82) is 0 Å². The summed E-state index contributed by atoms with van der Waals surface area (Å²) in [5, 5.41) is 10.2. The van der Waals surface area contributed by atoms with E-state index in [1.165, 1.54) is 0 Å². The van der Waals surface area contributed by atoms with E-state index in [-0.39, 0.29) is 6.10 Å². The van der Waals surface area contributed by atoms with Gasteiger partial charge in [0.1, 0.15) is 0 Å². The highest BCUT2D eigenvalue weighted by Gasteiger charge is 2.17. The van der Waals surface area contributed by atoms with Gasteiger partial charge in [-0.25, -0.2) is 0 Å². The molecule has 0 radical (unpaired) electrons. The Balaban J connectivity index is 2.89. The predicted molar refractivity (Wildman–Crippen MR) is 67.9 cm³/mol. The fourth-order valence-corrected chi connectivity index (χ4v) is 2.23. The summed E-state index contributed by atoms with van der Waals surface area (Å²) in [4.78, 5) is 0. The number of aryl methyl sites for hydroxylation is 1. The van der Waals surface area contributed by atoms with E-state index in [2.05, 4.69) is 29.8 Å². The number of halogens is 1. The molecule has 1 nitrogen and oxygen atoms in total. The number of hydrogen-bond acceptors (Lipinski definition) is 1. The number of aliphatic hydroxyl groups excluding tert-OH is 1. The van der Waals surface area contributed by atoms with E-state index in [9.17, 15) is 5.11 Å². The van der Waals surface area contributed by atoms with Gasteiger partial charge in [0.2, 0.25) is 0 Å². The Morgan fingerprint density at radius 1 is 1.40 bits per heavy atom. The van der Waals surface area contributed by atoms with Crippen molar-refractivity contribution in [1.82, 2.24) is 0 Å². The maximum Gasteiger partial charge on any atom is 0.0818 e. The first-order chi connectivity index (χ1) is 7.06. The molecule has 0 aromatic heterocycles. The highest BCUT2D eigenvalue weighted by atomic mass is 79.9. The summed E-state index contributed by atoms with van der Waals surface area (Å²) in [6, 6.07) is 6.07. The van der Waals surface area contributed by atoms with Crippen LogP contribution in [0.15, 0.2) is 22.7 Å². The summed E-state index contributed by atoms with van der Waals surface area (Å²) < 4.78 is 1.03. The number of rotatable bonds is 4. The molecule has 1 aromatic rings. The SMILES string of the molecule is CCCC(C)C(O)c1cc(Br)ccc1C. The van der Waals surface area contributed by atoms with E-state index in [0.29, 0.717) is 5.92 Å². The second-order valence-electron chi connectivity index (χ2n) is 4.21. The lowest BCUT2D eigenvalue weighted by atomic mass is 9.91. The molecule has 1 aromatic carbocycles. The number of benzene rings is 1. The van der Waals surface area contributed by atoms with Crippen molar-refractivity contribution in [3.63, 3.8) is 0 Å². The largest absolute Gasteiger partial charge is 0.388 e. The van der Waals surface area contributed by atoms with Crippen LogP contribution >= 0.6 is 15.9 Å². The van der Waals surface area contributed by atoms with Gasteiger partial charge in [-0.2, -0.15) is 0 Å². The molecular formula is C13H19BrO. The zero-order valence-electron chi connectivity index (χ0n) is 9.63. The summed E-state index contributed by atoms with van der Waals surface area (Å²) in [6.07, 6.45) is 1.83. The van der Waals surface area contributed by atoms with Gasteiger partial charge in [-0.1, -0.05) is 42.3 Å². The molecule has 0 saturated carbocycles. The first-order valence-electron chi connectivity index (χ1n) is 5.50. The van der Waals surface area contributed by atoms with Gasteiger partial charge in [0.05, 0.1) is 6.10 Å². The average Bonchev–Trinajstić information content (AvgIpc) is 2.21. The molecule has 0 amide bonds. The second-order valence-corrected chi connectivity index (χ2v) is 5.13. The van der Waals surface area contributed by atoms with Crippen molar-refractivity contribution < 1.29 is 5.11 Å². The van der Waals surface area contributed by atoms with E-state index in [0.717, 1.165) is 28.4 Å². The predicted octanol–water partition coefficient (Wildman–Crippen LogP) is 4.23. The van der Waals surface area contributed by atoms with Crippen LogP contribution in [0.2, 0.25) is 0 Å². The smallest absolute Gasteiger partial charge is 0.0818 e. The lowest BCUT2D eigenvalue weighted by Gasteiger charge is -2.20. The first-order valence-corrected chi connectivity index (χ1v) is 6.29. The van der Waals surface area contributed by atoms with Crippen LogP contribution in [0, 0.1) is 12.8 Å². The van der Waals surface area contributed by atoms with Crippen molar-refractivity contribution in [2.45, 2.75) is 39.7 Å². The van der Waals surface area contributed by atoms with E-state index in [1.807, 2.05) is 25.1 Å². The summed E-state index contributed by atoms with van der Waals surface area (Å²) >= 11 is 3.44. The normalized spacial score (nSPS) is 15.0. The van der Waals surface area contributed by atoms with Crippen LogP contribution in [-0.4, -0.2) is 5.11 Å². The zero-order chi connectivity index (χ0) is 11.4. The van der Waals surface area contributed by atoms with Crippen LogP contribution in [-0.2, 0) is 0 Å². The molecule has 2 atom stereocenters. The molecule has 0 aliphatic heterocycles. The van der Waals surface area contributed by atoms with E-state index >= 15 is 0 Å². The van der Waals surface area contributed by atoms with Gasteiger partial charge in [0.15, 0.2) is 0 Å². The molecule has 15 heavy (non-hydrogen) atoms. The topological polar surface area (TPSA) is 20.2 Å². The Bertz CT molecular complexity index is 322. The molecule has 2 unspecified atom stereocenters. The van der Waals surface area contributed by atoms with Gasteiger partial charge >= 0.3 is 0 Å². The van der Waals surface area contributed by atoms with Crippen LogP contribution in [0.1, 0.15) is 43.9 Å². The van der Waals surface area contributed by atoms with Gasteiger partial charge in [-0.3, -0.25) is 0 Å². The maximum atomic E-state index is 10.2. The van der Waals surface area contributed by atoms with E-state index in [1.54, 1.807) is 0 Å². The molecule has 84 valence electrons. The Morgan fingerprint density at radius 3 is 2.67 bits per heavy atom. The third-order valence-corrected chi connectivity index (χ3v) is 3.34. The summed E-state index contributed by atoms with van der Waals surface area (Å²) in [7, 11) is 0. The zero-order valence-corrected chi connectivity index (χ0v) is 11.2. The van der Waals surface area contributed by atoms with Crippen molar-refractivity contribution in [3.05, 3.63) is 33.8 Å². The van der Waals surface area contributed by atoms with Crippen LogP contribution in [0.5, 0.6) is 0 Å². The molecule has 0 aliphatic carbocycles. The van der Waals surface area contributed by atoms with Gasteiger partial charge in [0, 0.05) is 4.47 Å². The minimum absolute atomic E-state index is 0.322. The van der Waals surface area contributed by atoms with Gasteiger partial charge in [0.25, 0.3) is 0 Å². The van der Waals surface area contributed by atoms with Crippen molar-refractivity contribution >= 4 is 15.9 Å². The molecular weight excluding hydrogens is 252 g/mol. The van der Waals surface area contributed by atoms with Crippen LogP contribution in [0.3, 0.4) is 0 Å². The standard InChI is InChI=1S/C13H19BrO/c1-4-5-10(3)13(15)12-8-11(14)7-6-9(12)2/h6-8,10,13,15H,4-5H2,1-3H3. The van der Waals surface area contributed by atoms with Crippen molar-refractivity contribution in [2.24, 2.45) is 5.92 Å². The quantitative estimate of drug-likeness (QED) is 0.869. The summed E-state index contributed by atoms with van der Waals surface area (Å²) in [6.45, 7) is 6.30. The average molecular weight is 271 g/mol. The van der Waals surface area contributed by atoms with Crippen LogP contribution < -0.4 is 0 Å². The lowest BCUT2D eigenvalue weighted by molar-refractivity contribution is 0.111. The Kier molecular flexibility index (Phi) is 4.81. The lowest BCUT2D eigenvalue weighted by Crippen LogP contribution is -2.10. The van der Waals surface area contributed by atoms with Crippen molar-refractivity contribution in [3.8, 4) is 0 Å². The van der Waals surface area contributed by atoms with E-state index in [4.69, 9.17) is 0 Å². The molecule has 1 N–H and O–H groups in total. The highest BCUT2D eigenvalue weighted by Crippen LogP contribution is 2.29. The summed E-state index contributed by atoms with van der Waals surface area (Å²) in [5.41, 5.74) is 2.21. The molecule has 0 spiro atoms. The Labute approximate surface area is 101 Å². The van der Waals surface area contributed by atoms with Gasteiger partial charge in [-0.15, -0.1) is 0 Å². The summed E-state index contributed by atoms with van der Waals surface area (Å²) in [5.74, 6) is 0.322. The molecule has 0 fully saturated rings. The second kappa shape index (κ2) is 5.66. The molecule has 0 bridgehead atoms. The number of hydrogen-bond donors (Lipinski definition) is 1. The number of aliphatic hydroxyl groups is 1. The van der Waals surface area contributed by atoms with Gasteiger partial charge < -0.3 is 5.11 Å². The maximum absolute atomic E-state index is 10.2. The minimum atomic E-state index is -0.345. The Hall–Kier alpha value is -0.340. The minimum Gasteiger partial charge on any atom is -0.388 e. The molecule has 1 rings (SSSR count). The first kappa shape index (κ1) is 12.7. The van der Waals surface area contributed by atoms with Crippen LogP contribution in [0.25, 0.3) is 0 Å². The molecule has 2 heteroatoms. The molecule has 0 saturated heterocycles. The third kappa shape index (κ3) is 3.32. The fourth-order valence-electron chi connectivity index (χ4n) is 1.85. The fraction of sp³-hybridized carbons (Fsp3) is 0.538. The van der Waals surface area contributed by atoms with Crippen molar-refractivity contribution in [2.75, 3.05) is 0 Å². The third-order valence-electron chi connectivity index (χ3n) is 2.84. The highest BCUT2D eigenvalue weighted by molar-refractivity contribution is 9.10. The van der Waals surface area contributed by atoms with Crippen LogP contribution in [0.4, 0.5) is 0 Å². The monoisotopic (exact) mass is 270 g/mol. The Morgan fingerprint density at radius 2 is 2.07 bits per heavy atom.